The van der Waals surface area contributed by atoms with Crippen molar-refractivity contribution in [3.63, 3.8) is 0 Å². The highest BCUT2D eigenvalue weighted by molar-refractivity contribution is 6.16. The minimum Gasteiger partial charge on any atom is -0.504 e. The summed E-state index contributed by atoms with van der Waals surface area (Å²) < 4.78 is 9.58. The van der Waals surface area contributed by atoms with Gasteiger partial charge in [-0.1, -0.05) is 0 Å². The quantitative estimate of drug-likeness (QED) is 0.228. The number of nitro benzene ring substituents is 1. The number of nitrogens with zero attached hydrogens (tertiary/aromatic N) is 1. The number of aromatic hydroxyl groups is 1. The number of rotatable bonds is 6. The van der Waals surface area contributed by atoms with Crippen molar-refractivity contribution in [3.8, 4) is 17.2 Å². The highest BCUT2D eigenvalue weighted by atomic mass is 16.6. The second kappa shape index (κ2) is 6.43. The Kier molecular flexibility index (Phi) is 4.90. The number of aliphatic carboxylic acids is 2. The molecule has 10 heteroatoms. The largest absolute Gasteiger partial charge is 0.504 e. The molecule has 0 amide bonds. The molecule has 0 aliphatic rings. The van der Waals surface area contributed by atoms with E-state index in [1.54, 1.807) is 0 Å². The summed E-state index contributed by atoms with van der Waals surface area (Å²) in [6.45, 7) is 0. The number of phenolic OH excluding ortho intramolecular Hbond substituents is 1. The van der Waals surface area contributed by atoms with Crippen LogP contribution in [0.15, 0.2) is 11.6 Å². The van der Waals surface area contributed by atoms with Crippen molar-refractivity contribution in [2.45, 2.75) is 0 Å². The van der Waals surface area contributed by atoms with Gasteiger partial charge in [0.15, 0.2) is 5.75 Å². The van der Waals surface area contributed by atoms with Crippen molar-refractivity contribution >= 4 is 23.7 Å². The first kappa shape index (κ1) is 16.8. The van der Waals surface area contributed by atoms with Gasteiger partial charge in [-0.05, 0) is 12.1 Å². The van der Waals surface area contributed by atoms with Crippen LogP contribution >= 0.6 is 0 Å². The number of phenols is 1. The first-order valence-corrected chi connectivity index (χ1v) is 5.55. The molecule has 0 unspecified atom stereocenters. The summed E-state index contributed by atoms with van der Waals surface area (Å²) in [5.41, 5.74) is -2.31. The molecule has 0 radical (unpaired) electrons. The van der Waals surface area contributed by atoms with Crippen molar-refractivity contribution < 1.29 is 39.3 Å². The zero-order chi connectivity index (χ0) is 17.0. The van der Waals surface area contributed by atoms with Gasteiger partial charge in [-0.2, -0.15) is 0 Å². The predicted octanol–water partition coefficient (Wildman–Crippen LogP) is 0.870. The van der Waals surface area contributed by atoms with E-state index < -0.39 is 45.2 Å². The highest BCUT2D eigenvalue weighted by Crippen LogP contribution is 2.46. The first-order valence-electron chi connectivity index (χ1n) is 5.55. The number of hydrogen-bond donors (Lipinski definition) is 3. The van der Waals surface area contributed by atoms with Crippen LogP contribution in [0.2, 0.25) is 0 Å². The van der Waals surface area contributed by atoms with Gasteiger partial charge in [0.2, 0.25) is 11.5 Å². The minimum atomic E-state index is -1.80. The Hall–Kier alpha value is -3.30. The second-order valence-corrected chi connectivity index (χ2v) is 3.83. The normalized spacial score (nSPS) is 9.73. The fourth-order valence-electron chi connectivity index (χ4n) is 1.69. The molecule has 1 aromatic carbocycles. The molecule has 0 aliphatic carbocycles. The Morgan fingerprint density at radius 2 is 1.68 bits per heavy atom. The molecule has 0 bridgehead atoms. The van der Waals surface area contributed by atoms with Crippen molar-refractivity contribution in [1.82, 2.24) is 0 Å². The van der Waals surface area contributed by atoms with Gasteiger partial charge in [-0.3, -0.25) is 10.1 Å². The van der Waals surface area contributed by atoms with Crippen molar-refractivity contribution in [3.05, 3.63) is 27.3 Å². The van der Waals surface area contributed by atoms with E-state index >= 15 is 0 Å². The lowest BCUT2D eigenvalue weighted by molar-refractivity contribution is -0.386. The molecule has 0 atom stereocenters. The van der Waals surface area contributed by atoms with Crippen LogP contribution in [0.5, 0.6) is 17.2 Å². The molecular formula is C12H11NO9. The summed E-state index contributed by atoms with van der Waals surface area (Å²) in [5.74, 6) is -4.97. The van der Waals surface area contributed by atoms with Gasteiger partial charge in [0, 0.05) is 0 Å². The van der Waals surface area contributed by atoms with Crippen LogP contribution in [0.3, 0.4) is 0 Å². The average Bonchev–Trinajstić information content (AvgIpc) is 2.42. The highest BCUT2D eigenvalue weighted by Gasteiger charge is 2.29. The third-order valence-electron chi connectivity index (χ3n) is 2.57. The van der Waals surface area contributed by atoms with Crippen LogP contribution in [0.1, 0.15) is 5.56 Å². The zero-order valence-corrected chi connectivity index (χ0v) is 11.4. The summed E-state index contributed by atoms with van der Waals surface area (Å²) in [6.07, 6.45) is 0.546. The molecule has 22 heavy (non-hydrogen) atoms. The van der Waals surface area contributed by atoms with E-state index in [9.17, 15) is 24.8 Å². The molecule has 3 N–H and O–H groups in total. The van der Waals surface area contributed by atoms with Gasteiger partial charge in [-0.25, -0.2) is 9.59 Å². The van der Waals surface area contributed by atoms with Crippen LogP contribution in [0, 0.1) is 10.1 Å². The molecule has 1 aromatic rings. The number of ether oxygens (including phenoxy) is 2. The zero-order valence-electron chi connectivity index (χ0n) is 11.4. The molecule has 0 saturated carbocycles. The van der Waals surface area contributed by atoms with Crippen LogP contribution in [0.25, 0.3) is 6.08 Å². The standard InChI is InChI=1S/C12H11NO9/c1-21-9-7(14)4-5(3-6(11(15)16)12(17)18)8(13(19)20)10(9)22-2/h3-4,14H,1-2H3,(H,15,16)(H,17,18). The van der Waals surface area contributed by atoms with Crippen molar-refractivity contribution in [2.75, 3.05) is 14.2 Å². The monoisotopic (exact) mass is 313 g/mol. The lowest BCUT2D eigenvalue weighted by atomic mass is 10.1. The summed E-state index contributed by atoms with van der Waals surface area (Å²) in [4.78, 5) is 32.0. The summed E-state index contributed by atoms with van der Waals surface area (Å²) in [5, 5.41) is 38.5. The van der Waals surface area contributed by atoms with Gasteiger partial charge < -0.3 is 24.8 Å². The first-order chi connectivity index (χ1) is 10.2. The summed E-state index contributed by atoms with van der Waals surface area (Å²) >= 11 is 0. The van der Waals surface area contributed by atoms with E-state index in [1.807, 2.05) is 0 Å². The number of benzene rings is 1. The number of hydrogen-bond acceptors (Lipinski definition) is 7. The van der Waals surface area contributed by atoms with Crippen LogP contribution in [0.4, 0.5) is 5.69 Å². The molecule has 10 nitrogen and oxygen atoms in total. The molecular weight excluding hydrogens is 302 g/mol. The van der Waals surface area contributed by atoms with E-state index in [0.29, 0.717) is 6.08 Å². The lowest BCUT2D eigenvalue weighted by Gasteiger charge is -2.11. The Bertz CT molecular complexity index is 662. The number of nitro groups is 1. The van der Waals surface area contributed by atoms with Crippen LogP contribution in [-0.4, -0.2) is 46.4 Å². The third kappa shape index (κ3) is 3.06. The fourth-order valence-corrected chi connectivity index (χ4v) is 1.69. The maximum Gasteiger partial charge on any atom is 0.343 e. The molecule has 0 spiro atoms. The average molecular weight is 313 g/mol. The van der Waals surface area contributed by atoms with Gasteiger partial charge in [-0.15, -0.1) is 0 Å². The smallest absolute Gasteiger partial charge is 0.343 e. The van der Waals surface area contributed by atoms with Crippen LogP contribution < -0.4 is 9.47 Å². The Balaban J connectivity index is 3.78. The molecule has 0 aromatic heterocycles. The number of carboxylic acid groups (broad SMARTS) is 2. The molecule has 0 saturated heterocycles. The van der Waals surface area contributed by atoms with Crippen molar-refractivity contribution in [2.24, 2.45) is 0 Å². The van der Waals surface area contributed by atoms with Gasteiger partial charge in [0.25, 0.3) is 0 Å². The van der Waals surface area contributed by atoms with E-state index in [-0.39, 0.29) is 5.75 Å². The molecule has 1 rings (SSSR count). The third-order valence-corrected chi connectivity index (χ3v) is 2.57. The van der Waals surface area contributed by atoms with Crippen molar-refractivity contribution in [1.29, 1.82) is 0 Å². The topological polar surface area (TPSA) is 156 Å². The number of methoxy groups -OCH3 is 2. The minimum absolute atomic E-state index is 0.335. The van der Waals surface area contributed by atoms with Crippen LogP contribution in [-0.2, 0) is 9.59 Å². The Labute approximate surface area is 123 Å². The molecule has 0 aliphatic heterocycles. The second-order valence-electron chi connectivity index (χ2n) is 3.83. The number of carbonyl (C=O) groups is 2. The van der Waals surface area contributed by atoms with E-state index in [2.05, 4.69) is 0 Å². The summed E-state index contributed by atoms with van der Waals surface area (Å²) in [6, 6.07) is 0.811. The molecule has 0 heterocycles. The predicted molar refractivity (Wildman–Crippen MR) is 71.1 cm³/mol. The number of carboxylic acids is 2. The van der Waals surface area contributed by atoms with E-state index in [4.69, 9.17) is 19.7 Å². The Morgan fingerprint density at radius 3 is 2.05 bits per heavy atom. The Morgan fingerprint density at radius 1 is 1.18 bits per heavy atom. The summed E-state index contributed by atoms with van der Waals surface area (Å²) in [7, 11) is 2.21. The van der Waals surface area contributed by atoms with E-state index in [0.717, 1.165) is 20.3 Å². The SMILES string of the molecule is COc1c(O)cc(C=C(C(=O)O)C(=O)O)c([N+](=O)[O-])c1OC. The fraction of sp³-hybridized carbons (Fsp3) is 0.167. The maximum absolute atomic E-state index is 11.2. The van der Waals surface area contributed by atoms with Gasteiger partial charge >= 0.3 is 17.6 Å². The van der Waals surface area contributed by atoms with Gasteiger partial charge in [0.1, 0.15) is 5.57 Å². The van der Waals surface area contributed by atoms with E-state index in [1.165, 1.54) is 0 Å². The maximum atomic E-state index is 11.2. The lowest BCUT2D eigenvalue weighted by Crippen LogP contribution is -2.11. The molecule has 118 valence electrons. The van der Waals surface area contributed by atoms with Gasteiger partial charge in [0.05, 0.1) is 24.7 Å². The molecule has 0 fully saturated rings.